The maximum atomic E-state index is 10.5. The molecule has 0 bridgehead atoms. The monoisotopic (exact) mass is 479 g/mol. The van der Waals surface area contributed by atoms with Gasteiger partial charge in [-0.1, -0.05) is 24.1 Å². The van der Waals surface area contributed by atoms with Crippen LogP contribution >= 0.6 is 0 Å². The highest BCUT2D eigenvalue weighted by molar-refractivity contribution is 5.44. The third-order valence-corrected chi connectivity index (χ3v) is 5.37. The number of hydrogen-bond acceptors (Lipinski definition) is 7. The Kier molecular flexibility index (Phi) is 10.1. The first kappa shape index (κ1) is 26.3. The van der Waals surface area contributed by atoms with Crippen LogP contribution < -0.4 is 9.47 Å². The van der Waals surface area contributed by atoms with Gasteiger partial charge in [0.1, 0.15) is 18.1 Å². The van der Waals surface area contributed by atoms with Crippen LogP contribution in [0.4, 0.5) is 0 Å². The molecule has 0 spiro atoms. The number of aromatic nitrogens is 2. The van der Waals surface area contributed by atoms with Gasteiger partial charge in [-0.05, 0) is 43.3 Å². The lowest BCUT2D eigenvalue weighted by atomic mass is 10.2. The summed E-state index contributed by atoms with van der Waals surface area (Å²) in [5.74, 6) is 4.43. The number of rotatable bonds is 14. The Bertz CT molecular complexity index is 1080. The lowest BCUT2D eigenvalue weighted by Gasteiger charge is -2.25. The molecule has 0 saturated carbocycles. The summed E-state index contributed by atoms with van der Waals surface area (Å²) in [6.45, 7) is 4.28. The molecule has 0 fully saturated rings. The summed E-state index contributed by atoms with van der Waals surface area (Å²) in [5, 5.41) is 15.3. The van der Waals surface area contributed by atoms with Crippen molar-refractivity contribution >= 4 is 0 Å². The van der Waals surface area contributed by atoms with Crippen molar-refractivity contribution in [2.45, 2.75) is 19.6 Å². The van der Waals surface area contributed by atoms with Gasteiger partial charge in [-0.25, -0.2) is 4.68 Å². The van der Waals surface area contributed by atoms with E-state index in [2.05, 4.69) is 10.8 Å². The maximum absolute atomic E-state index is 10.5. The SMILES string of the molecule is C#CCOCC(O)CN(CCOC)Cc1c(C)nn(-c2ccccc2)c1Oc1ccc(OC)cc1. The molecule has 3 aromatic rings. The molecule has 0 aliphatic carbocycles. The van der Waals surface area contributed by atoms with E-state index < -0.39 is 6.10 Å². The molecule has 1 atom stereocenters. The summed E-state index contributed by atoms with van der Waals surface area (Å²) in [4.78, 5) is 2.09. The summed E-state index contributed by atoms with van der Waals surface area (Å²) in [5.41, 5.74) is 2.63. The summed E-state index contributed by atoms with van der Waals surface area (Å²) < 4.78 is 24.1. The summed E-state index contributed by atoms with van der Waals surface area (Å²) in [7, 11) is 3.28. The van der Waals surface area contributed by atoms with E-state index in [0.29, 0.717) is 37.9 Å². The smallest absolute Gasteiger partial charge is 0.227 e. The first-order chi connectivity index (χ1) is 17.0. The van der Waals surface area contributed by atoms with E-state index in [9.17, 15) is 5.11 Å². The fourth-order valence-corrected chi connectivity index (χ4v) is 3.61. The van der Waals surface area contributed by atoms with E-state index in [1.165, 1.54) is 0 Å². The van der Waals surface area contributed by atoms with Gasteiger partial charge in [0.2, 0.25) is 5.88 Å². The second-order valence-corrected chi connectivity index (χ2v) is 8.00. The van der Waals surface area contributed by atoms with E-state index in [1.807, 2.05) is 61.5 Å². The number of terminal acetylenes is 1. The van der Waals surface area contributed by atoms with Crippen molar-refractivity contribution in [3.8, 4) is 35.4 Å². The van der Waals surface area contributed by atoms with Crippen LogP contribution in [-0.2, 0) is 16.0 Å². The van der Waals surface area contributed by atoms with Gasteiger partial charge in [-0.3, -0.25) is 4.90 Å². The Morgan fingerprint density at radius 3 is 2.46 bits per heavy atom. The number of aryl methyl sites for hydroxylation is 1. The third-order valence-electron chi connectivity index (χ3n) is 5.37. The molecule has 0 aliphatic rings. The van der Waals surface area contributed by atoms with Crippen molar-refractivity contribution in [3.63, 3.8) is 0 Å². The predicted octanol–water partition coefficient (Wildman–Crippen LogP) is 3.44. The van der Waals surface area contributed by atoms with Crippen molar-refractivity contribution < 1.29 is 24.1 Å². The molecule has 35 heavy (non-hydrogen) atoms. The Hall–Kier alpha value is -3.35. The molecular formula is C27H33N3O5. The second kappa shape index (κ2) is 13.5. The van der Waals surface area contributed by atoms with Crippen molar-refractivity contribution in [2.75, 3.05) is 47.1 Å². The molecule has 1 unspecified atom stereocenters. The molecule has 1 aromatic heterocycles. The molecule has 0 radical (unpaired) electrons. The lowest BCUT2D eigenvalue weighted by molar-refractivity contribution is 0.0206. The lowest BCUT2D eigenvalue weighted by Crippen LogP contribution is -2.36. The predicted molar refractivity (Wildman–Crippen MR) is 134 cm³/mol. The van der Waals surface area contributed by atoms with E-state index >= 15 is 0 Å². The highest BCUT2D eigenvalue weighted by atomic mass is 16.5. The number of benzene rings is 2. The highest BCUT2D eigenvalue weighted by Crippen LogP contribution is 2.32. The molecule has 8 heteroatoms. The van der Waals surface area contributed by atoms with E-state index in [-0.39, 0.29) is 13.2 Å². The topological polar surface area (TPSA) is 78.2 Å². The molecule has 1 heterocycles. The highest BCUT2D eigenvalue weighted by Gasteiger charge is 2.22. The van der Waals surface area contributed by atoms with E-state index in [4.69, 9.17) is 30.5 Å². The number of para-hydroxylation sites is 1. The van der Waals surface area contributed by atoms with Crippen molar-refractivity contribution in [3.05, 3.63) is 65.9 Å². The Balaban J connectivity index is 1.91. The van der Waals surface area contributed by atoms with Crippen molar-refractivity contribution in [1.29, 1.82) is 0 Å². The third kappa shape index (κ3) is 7.57. The number of hydrogen-bond donors (Lipinski definition) is 1. The van der Waals surface area contributed by atoms with Crippen molar-refractivity contribution in [1.82, 2.24) is 14.7 Å². The average molecular weight is 480 g/mol. The number of aliphatic hydroxyl groups is 1. The van der Waals surface area contributed by atoms with Crippen LogP contribution in [0.5, 0.6) is 17.4 Å². The minimum absolute atomic E-state index is 0.158. The average Bonchev–Trinajstić information content (AvgIpc) is 3.18. The molecule has 0 aliphatic heterocycles. The number of methoxy groups -OCH3 is 2. The van der Waals surface area contributed by atoms with Gasteiger partial charge >= 0.3 is 0 Å². The minimum Gasteiger partial charge on any atom is -0.497 e. The molecule has 0 amide bonds. The van der Waals surface area contributed by atoms with Crippen LogP contribution in [0, 0.1) is 19.3 Å². The van der Waals surface area contributed by atoms with Gasteiger partial charge in [0.15, 0.2) is 0 Å². The van der Waals surface area contributed by atoms with Crippen LogP contribution in [0.3, 0.4) is 0 Å². The number of nitrogens with zero attached hydrogens (tertiary/aromatic N) is 3. The van der Waals surface area contributed by atoms with Crippen molar-refractivity contribution in [2.24, 2.45) is 0 Å². The largest absolute Gasteiger partial charge is 0.497 e. The van der Waals surface area contributed by atoms with E-state index in [1.54, 1.807) is 18.9 Å². The zero-order valence-electron chi connectivity index (χ0n) is 20.5. The van der Waals surface area contributed by atoms with Crippen LogP contribution in [0.1, 0.15) is 11.3 Å². The van der Waals surface area contributed by atoms with E-state index in [0.717, 1.165) is 22.7 Å². The van der Waals surface area contributed by atoms with Gasteiger partial charge in [-0.15, -0.1) is 6.42 Å². The van der Waals surface area contributed by atoms with Gasteiger partial charge in [-0.2, -0.15) is 5.10 Å². The Morgan fingerprint density at radius 1 is 1.09 bits per heavy atom. The summed E-state index contributed by atoms with van der Waals surface area (Å²) in [6, 6.07) is 17.2. The molecule has 186 valence electrons. The molecule has 2 aromatic carbocycles. The number of aliphatic hydroxyl groups excluding tert-OH is 1. The summed E-state index contributed by atoms with van der Waals surface area (Å²) in [6.07, 6.45) is 4.53. The quantitative estimate of drug-likeness (QED) is 0.280. The fourth-order valence-electron chi connectivity index (χ4n) is 3.61. The maximum Gasteiger partial charge on any atom is 0.227 e. The molecule has 3 rings (SSSR count). The van der Waals surface area contributed by atoms with Gasteiger partial charge in [0, 0.05) is 26.7 Å². The minimum atomic E-state index is -0.698. The Labute approximate surface area is 207 Å². The normalized spacial score (nSPS) is 11.9. The first-order valence-corrected chi connectivity index (χ1v) is 11.4. The zero-order chi connectivity index (χ0) is 25.0. The van der Waals surface area contributed by atoms with Crippen LogP contribution in [0.25, 0.3) is 5.69 Å². The fraction of sp³-hybridized carbons (Fsp3) is 0.370. The molecule has 1 N–H and O–H groups in total. The van der Waals surface area contributed by atoms with Crippen LogP contribution in [-0.4, -0.2) is 73.0 Å². The Morgan fingerprint density at radius 2 is 1.80 bits per heavy atom. The van der Waals surface area contributed by atoms with Gasteiger partial charge in [0.25, 0.3) is 0 Å². The van der Waals surface area contributed by atoms with Gasteiger partial charge < -0.3 is 24.1 Å². The van der Waals surface area contributed by atoms with Gasteiger partial charge in [0.05, 0.1) is 43.4 Å². The zero-order valence-corrected chi connectivity index (χ0v) is 20.5. The first-order valence-electron chi connectivity index (χ1n) is 11.4. The molecular weight excluding hydrogens is 446 g/mol. The second-order valence-electron chi connectivity index (χ2n) is 8.00. The molecule has 0 saturated heterocycles. The number of ether oxygens (including phenoxy) is 4. The van der Waals surface area contributed by atoms with Crippen LogP contribution in [0.2, 0.25) is 0 Å². The molecule has 8 nitrogen and oxygen atoms in total. The summed E-state index contributed by atoms with van der Waals surface area (Å²) >= 11 is 0. The standard InChI is InChI=1S/C27H33N3O5/c1-5-16-34-20-23(31)18-29(15-17-32-3)19-26-21(2)28-30(22-9-7-6-8-10-22)27(26)35-25-13-11-24(33-4)12-14-25/h1,6-14,23,31H,15-20H2,2-4H3. The van der Waals surface area contributed by atoms with Crippen LogP contribution in [0.15, 0.2) is 54.6 Å².